The van der Waals surface area contributed by atoms with Gasteiger partial charge in [0, 0.05) is 25.0 Å². The third-order valence-corrected chi connectivity index (χ3v) is 4.00. The van der Waals surface area contributed by atoms with E-state index in [2.05, 4.69) is 21.6 Å². The van der Waals surface area contributed by atoms with Crippen LogP contribution in [-0.4, -0.2) is 24.4 Å². The van der Waals surface area contributed by atoms with Crippen molar-refractivity contribution in [3.63, 3.8) is 0 Å². The third kappa shape index (κ3) is 1.65. The minimum absolute atomic E-state index is 0.842. The Labute approximate surface area is 119 Å². The standard InChI is InChI=1S/C14H11N5S/c1-18-9-10(8-16-18)13-14(11-4-3-7-20-11)19-12(17-13)5-2-6-15-19/h2-9H,1H3. The fourth-order valence-corrected chi connectivity index (χ4v) is 3.02. The van der Waals surface area contributed by atoms with E-state index in [0.29, 0.717) is 0 Å². The molecule has 0 saturated carbocycles. The monoisotopic (exact) mass is 281 g/mol. The molecule has 4 aromatic rings. The summed E-state index contributed by atoms with van der Waals surface area (Å²) in [7, 11) is 1.91. The Balaban J connectivity index is 2.07. The summed E-state index contributed by atoms with van der Waals surface area (Å²) in [6.07, 6.45) is 5.58. The molecule has 4 aromatic heterocycles. The van der Waals surface area contributed by atoms with Crippen LogP contribution in [0.25, 0.3) is 27.5 Å². The minimum atomic E-state index is 0.842. The van der Waals surface area contributed by atoms with Gasteiger partial charge in [-0.2, -0.15) is 10.2 Å². The van der Waals surface area contributed by atoms with Crippen molar-refractivity contribution < 1.29 is 0 Å². The van der Waals surface area contributed by atoms with Crippen LogP contribution in [0.15, 0.2) is 48.2 Å². The molecule has 0 radical (unpaired) electrons. The second-order valence-electron chi connectivity index (χ2n) is 4.48. The molecule has 0 atom stereocenters. The first-order valence-electron chi connectivity index (χ1n) is 6.19. The molecule has 0 aliphatic heterocycles. The van der Waals surface area contributed by atoms with Crippen molar-refractivity contribution in [2.24, 2.45) is 7.05 Å². The molecule has 0 saturated heterocycles. The molecule has 6 heteroatoms. The molecule has 20 heavy (non-hydrogen) atoms. The highest BCUT2D eigenvalue weighted by atomic mass is 32.1. The van der Waals surface area contributed by atoms with E-state index < -0.39 is 0 Å². The highest BCUT2D eigenvalue weighted by Crippen LogP contribution is 2.34. The molecule has 0 bridgehead atoms. The summed E-state index contributed by atoms with van der Waals surface area (Å²) in [5.41, 5.74) is 3.78. The van der Waals surface area contributed by atoms with Crippen LogP contribution >= 0.6 is 11.3 Å². The van der Waals surface area contributed by atoms with E-state index >= 15 is 0 Å². The highest BCUT2D eigenvalue weighted by Gasteiger charge is 2.18. The summed E-state index contributed by atoms with van der Waals surface area (Å²) in [4.78, 5) is 5.85. The van der Waals surface area contributed by atoms with Crippen LogP contribution in [-0.2, 0) is 7.05 Å². The molecule has 4 rings (SSSR count). The van der Waals surface area contributed by atoms with Crippen molar-refractivity contribution in [3.8, 4) is 21.8 Å². The molecular formula is C14H11N5S. The number of hydrogen-bond acceptors (Lipinski definition) is 4. The predicted molar refractivity (Wildman–Crippen MR) is 78.5 cm³/mol. The second-order valence-corrected chi connectivity index (χ2v) is 5.43. The summed E-state index contributed by atoms with van der Waals surface area (Å²) in [6.45, 7) is 0. The lowest BCUT2D eigenvalue weighted by Crippen LogP contribution is -1.91. The van der Waals surface area contributed by atoms with Crippen LogP contribution in [0.3, 0.4) is 0 Å². The second kappa shape index (κ2) is 4.28. The Bertz CT molecular complexity index is 872. The summed E-state index contributed by atoms with van der Waals surface area (Å²) in [6, 6.07) is 7.98. The third-order valence-electron chi connectivity index (χ3n) is 3.13. The Hall–Kier alpha value is -2.47. The quantitative estimate of drug-likeness (QED) is 0.567. The molecule has 0 fully saturated rings. The lowest BCUT2D eigenvalue weighted by Gasteiger charge is -1.99. The maximum absolute atomic E-state index is 4.71. The average molecular weight is 281 g/mol. The first kappa shape index (κ1) is 11.4. The number of nitrogens with zero attached hydrogens (tertiary/aromatic N) is 5. The molecule has 0 N–H and O–H groups in total. The number of imidazole rings is 1. The highest BCUT2D eigenvalue weighted by molar-refractivity contribution is 7.13. The van der Waals surface area contributed by atoms with E-state index in [-0.39, 0.29) is 0 Å². The SMILES string of the molecule is Cn1cc(-c2nc3cccnn3c2-c2cccs2)cn1. The largest absolute Gasteiger partial charge is 0.275 e. The lowest BCUT2D eigenvalue weighted by atomic mass is 10.2. The lowest BCUT2D eigenvalue weighted by molar-refractivity contribution is 0.768. The Morgan fingerprint density at radius 2 is 2.10 bits per heavy atom. The molecule has 0 unspecified atom stereocenters. The normalized spacial score (nSPS) is 11.2. The smallest absolute Gasteiger partial charge is 0.154 e. The van der Waals surface area contributed by atoms with Crippen LogP contribution in [0.2, 0.25) is 0 Å². The van der Waals surface area contributed by atoms with Gasteiger partial charge in [0.2, 0.25) is 0 Å². The van der Waals surface area contributed by atoms with Crippen LogP contribution < -0.4 is 0 Å². The van der Waals surface area contributed by atoms with Crippen molar-refractivity contribution in [2.75, 3.05) is 0 Å². The molecule has 98 valence electrons. The van der Waals surface area contributed by atoms with Crippen LogP contribution in [0.1, 0.15) is 0 Å². The fraction of sp³-hybridized carbons (Fsp3) is 0.0714. The minimum Gasteiger partial charge on any atom is -0.275 e. The molecule has 5 nitrogen and oxygen atoms in total. The molecule has 0 aliphatic rings. The molecule has 0 amide bonds. The predicted octanol–water partition coefficient (Wildman–Crippen LogP) is 2.86. The van der Waals surface area contributed by atoms with Crippen molar-refractivity contribution in [1.82, 2.24) is 24.4 Å². The Morgan fingerprint density at radius 1 is 1.15 bits per heavy atom. The molecule has 0 spiro atoms. The first-order chi connectivity index (χ1) is 9.83. The number of aromatic nitrogens is 5. The fourth-order valence-electron chi connectivity index (χ4n) is 2.27. The maximum Gasteiger partial charge on any atom is 0.154 e. The average Bonchev–Trinajstić information content (AvgIpc) is 3.15. The van der Waals surface area contributed by atoms with Gasteiger partial charge in [0.1, 0.15) is 11.4 Å². The van der Waals surface area contributed by atoms with Gasteiger partial charge in [0.05, 0.1) is 11.1 Å². The number of thiophene rings is 1. The first-order valence-corrected chi connectivity index (χ1v) is 7.07. The van der Waals surface area contributed by atoms with E-state index in [0.717, 1.165) is 27.5 Å². The number of hydrogen-bond donors (Lipinski definition) is 0. The Kier molecular flexibility index (Phi) is 2.43. The van der Waals surface area contributed by atoms with E-state index in [1.54, 1.807) is 22.2 Å². The van der Waals surface area contributed by atoms with Crippen molar-refractivity contribution in [2.45, 2.75) is 0 Å². The van der Waals surface area contributed by atoms with Gasteiger partial charge in [-0.3, -0.25) is 4.68 Å². The zero-order valence-electron chi connectivity index (χ0n) is 10.8. The van der Waals surface area contributed by atoms with Gasteiger partial charge in [-0.05, 0) is 23.6 Å². The zero-order chi connectivity index (χ0) is 13.5. The molecule has 0 aromatic carbocycles. The van der Waals surface area contributed by atoms with Crippen LogP contribution in [0.5, 0.6) is 0 Å². The summed E-state index contributed by atoms with van der Waals surface area (Å²) >= 11 is 1.68. The van der Waals surface area contributed by atoms with E-state index in [9.17, 15) is 0 Å². The van der Waals surface area contributed by atoms with Gasteiger partial charge < -0.3 is 0 Å². The van der Waals surface area contributed by atoms with Gasteiger partial charge in [-0.15, -0.1) is 11.3 Å². The van der Waals surface area contributed by atoms with Crippen molar-refractivity contribution >= 4 is 17.0 Å². The molecular weight excluding hydrogens is 270 g/mol. The summed E-state index contributed by atoms with van der Waals surface area (Å²) in [5.74, 6) is 0. The topological polar surface area (TPSA) is 48.0 Å². The number of fused-ring (bicyclic) bond motifs is 1. The van der Waals surface area contributed by atoms with Gasteiger partial charge in [-0.1, -0.05) is 6.07 Å². The van der Waals surface area contributed by atoms with E-state index in [1.807, 2.05) is 42.2 Å². The maximum atomic E-state index is 4.71. The van der Waals surface area contributed by atoms with Crippen molar-refractivity contribution in [1.29, 1.82) is 0 Å². The summed E-state index contributed by atoms with van der Waals surface area (Å²) in [5, 5.41) is 10.7. The number of aryl methyl sites for hydroxylation is 1. The van der Waals surface area contributed by atoms with Crippen molar-refractivity contribution in [3.05, 3.63) is 48.2 Å². The van der Waals surface area contributed by atoms with Gasteiger partial charge >= 0.3 is 0 Å². The summed E-state index contributed by atoms with van der Waals surface area (Å²) < 4.78 is 3.67. The molecule has 4 heterocycles. The van der Waals surface area contributed by atoms with Crippen LogP contribution in [0, 0.1) is 0 Å². The molecule has 0 aliphatic carbocycles. The van der Waals surface area contributed by atoms with E-state index in [4.69, 9.17) is 4.98 Å². The van der Waals surface area contributed by atoms with Gasteiger partial charge in [-0.25, -0.2) is 9.50 Å². The van der Waals surface area contributed by atoms with Crippen LogP contribution in [0.4, 0.5) is 0 Å². The van der Waals surface area contributed by atoms with E-state index in [1.165, 1.54) is 0 Å². The zero-order valence-corrected chi connectivity index (χ0v) is 11.6. The van der Waals surface area contributed by atoms with Gasteiger partial charge in [0.25, 0.3) is 0 Å². The van der Waals surface area contributed by atoms with Gasteiger partial charge in [0.15, 0.2) is 5.65 Å². The Morgan fingerprint density at radius 3 is 2.85 bits per heavy atom. The number of rotatable bonds is 2.